The van der Waals surface area contributed by atoms with E-state index in [1.54, 1.807) is 56.4 Å². The van der Waals surface area contributed by atoms with Gasteiger partial charge in [-0.05, 0) is 43.0 Å². The number of hydrogen-bond acceptors (Lipinski definition) is 4. The highest BCUT2D eigenvalue weighted by molar-refractivity contribution is 6.29. The minimum atomic E-state index is -0.915. The Morgan fingerprint density at radius 3 is 2.67 bits per heavy atom. The van der Waals surface area contributed by atoms with Crippen LogP contribution in [0.1, 0.15) is 29.8 Å². The van der Waals surface area contributed by atoms with E-state index in [0.717, 1.165) is 10.9 Å². The molecule has 122 valence electrons. The largest absolute Gasteiger partial charge is 0.506 e. The highest BCUT2D eigenvalue weighted by atomic mass is 35.5. The third-order valence-corrected chi connectivity index (χ3v) is 4.10. The average molecular weight is 342 g/mol. The predicted octanol–water partition coefficient (Wildman–Crippen LogP) is 4.69. The molecule has 0 fully saturated rings. The lowest BCUT2D eigenvalue weighted by atomic mass is 9.99. The van der Waals surface area contributed by atoms with E-state index in [-0.39, 0.29) is 11.3 Å². The number of esters is 1. The van der Waals surface area contributed by atoms with Crippen LogP contribution in [0.3, 0.4) is 0 Å². The van der Waals surface area contributed by atoms with Crippen molar-refractivity contribution in [2.75, 3.05) is 0 Å². The number of fused-ring (bicyclic) bond motifs is 1. The number of phenols is 1. The fraction of sp³-hybridized carbons (Fsp3) is 0.158. The molecule has 0 unspecified atom stereocenters. The Morgan fingerprint density at radius 2 is 1.92 bits per heavy atom. The molecular weight excluding hydrogens is 326 g/mol. The lowest BCUT2D eigenvalue weighted by Gasteiger charge is -2.26. The zero-order valence-electron chi connectivity index (χ0n) is 13.3. The quantitative estimate of drug-likeness (QED) is 0.554. The lowest BCUT2D eigenvalue weighted by molar-refractivity contribution is -0.00339. The summed E-state index contributed by atoms with van der Waals surface area (Å²) in [6, 6.07) is 14.0. The maximum Gasteiger partial charge on any atom is 0.342 e. The Labute approximate surface area is 144 Å². The molecule has 3 aromatic rings. The van der Waals surface area contributed by atoms with Crippen molar-refractivity contribution in [2.24, 2.45) is 0 Å². The molecule has 3 rings (SSSR count). The van der Waals surface area contributed by atoms with Crippen LogP contribution in [-0.2, 0) is 10.3 Å². The molecule has 1 aromatic heterocycles. The minimum absolute atomic E-state index is 0.0818. The predicted molar refractivity (Wildman–Crippen MR) is 93.3 cm³/mol. The Hall–Kier alpha value is -2.59. The second-order valence-corrected chi connectivity index (χ2v) is 6.34. The van der Waals surface area contributed by atoms with E-state index in [2.05, 4.69) is 4.98 Å². The smallest absolute Gasteiger partial charge is 0.342 e. The highest BCUT2D eigenvalue weighted by Gasteiger charge is 2.28. The first-order chi connectivity index (χ1) is 11.4. The van der Waals surface area contributed by atoms with Crippen molar-refractivity contribution in [1.82, 2.24) is 4.98 Å². The molecule has 0 saturated heterocycles. The second-order valence-electron chi connectivity index (χ2n) is 5.95. The van der Waals surface area contributed by atoms with Crippen LogP contribution < -0.4 is 0 Å². The minimum Gasteiger partial charge on any atom is -0.506 e. The Balaban J connectivity index is 1.93. The standard InChI is InChI=1S/C19H16ClNO3/c1-19(2,13-9-10-21-16(20)11-13)24-18(23)15-8-7-12-5-3-4-6-14(12)17(15)22/h3-11,22H,1-2H3. The summed E-state index contributed by atoms with van der Waals surface area (Å²) in [5.41, 5.74) is -0.0695. The summed E-state index contributed by atoms with van der Waals surface area (Å²) < 4.78 is 5.61. The molecule has 1 N–H and O–H groups in total. The molecule has 0 aliphatic heterocycles. The molecule has 4 nitrogen and oxygen atoms in total. The van der Waals surface area contributed by atoms with E-state index in [1.165, 1.54) is 0 Å². The van der Waals surface area contributed by atoms with Gasteiger partial charge in [0.2, 0.25) is 0 Å². The number of nitrogens with zero attached hydrogens (tertiary/aromatic N) is 1. The normalized spacial score (nSPS) is 11.5. The van der Waals surface area contributed by atoms with Crippen LogP contribution in [0.15, 0.2) is 54.7 Å². The number of halogens is 1. The van der Waals surface area contributed by atoms with Crippen molar-refractivity contribution in [3.05, 3.63) is 71.0 Å². The van der Waals surface area contributed by atoms with E-state index in [9.17, 15) is 9.90 Å². The van der Waals surface area contributed by atoms with Crippen LogP contribution in [0, 0.1) is 0 Å². The molecule has 0 spiro atoms. The lowest BCUT2D eigenvalue weighted by Crippen LogP contribution is -2.25. The molecule has 0 saturated carbocycles. The van der Waals surface area contributed by atoms with Crippen molar-refractivity contribution in [2.45, 2.75) is 19.4 Å². The number of benzene rings is 2. The number of carbonyl (C=O) groups is 1. The van der Waals surface area contributed by atoms with Gasteiger partial charge in [0, 0.05) is 11.6 Å². The zero-order valence-corrected chi connectivity index (χ0v) is 14.0. The molecule has 0 radical (unpaired) electrons. The summed E-state index contributed by atoms with van der Waals surface area (Å²) >= 11 is 5.90. The zero-order chi connectivity index (χ0) is 17.3. The van der Waals surface area contributed by atoms with Gasteiger partial charge in [0.1, 0.15) is 22.1 Å². The number of phenolic OH excluding ortho intramolecular Hbond substituents is 1. The summed E-state index contributed by atoms with van der Waals surface area (Å²) in [5.74, 6) is -0.683. The number of pyridine rings is 1. The maximum atomic E-state index is 12.6. The van der Waals surface area contributed by atoms with Crippen LogP contribution in [-0.4, -0.2) is 16.1 Å². The van der Waals surface area contributed by atoms with E-state index in [4.69, 9.17) is 16.3 Å². The number of rotatable bonds is 3. The summed E-state index contributed by atoms with van der Waals surface area (Å²) in [7, 11) is 0. The van der Waals surface area contributed by atoms with Gasteiger partial charge < -0.3 is 9.84 Å². The first kappa shape index (κ1) is 16.3. The van der Waals surface area contributed by atoms with Crippen LogP contribution in [0.2, 0.25) is 5.15 Å². The molecule has 0 atom stereocenters. The number of ether oxygens (including phenoxy) is 1. The van der Waals surface area contributed by atoms with Crippen LogP contribution >= 0.6 is 11.6 Å². The van der Waals surface area contributed by atoms with Gasteiger partial charge in [-0.15, -0.1) is 0 Å². The van der Waals surface area contributed by atoms with Crippen molar-refractivity contribution >= 4 is 28.3 Å². The average Bonchev–Trinajstić information content (AvgIpc) is 2.55. The molecule has 2 aromatic carbocycles. The molecule has 1 heterocycles. The van der Waals surface area contributed by atoms with Crippen molar-refractivity contribution in [1.29, 1.82) is 0 Å². The van der Waals surface area contributed by atoms with Gasteiger partial charge in [-0.3, -0.25) is 0 Å². The topological polar surface area (TPSA) is 59.4 Å². The number of carbonyl (C=O) groups excluding carboxylic acids is 1. The Bertz CT molecular complexity index is 921. The van der Waals surface area contributed by atoms with Crippen molar-refractivity contribution < 1.29 is 14.6 Å². The van der Waals surface area contributed by atoms with E-state index in [0.29, 0.717) is 10.5 Å². The first-order valence-corrected chi connectivity index (χ1v) is 7.82. The molecule has 0 aliphatic carbocycles. The van der Waals surface area contributed by atoms with Gasteiger partial charge in [0.05, 0.1) is 0 Å². The highest BCUT2D eigenvalue weighted by Crippen LogP contribution is 2.32. The van der Waals surface area contributed by atoms with Gasteiger partial charge in [-0.2, -0.15) is 0 Å². The Kier molecular flexibility index (Phi) is 4.16. The van der Waals surface area contributed by atoms with E-state index >= 15 is 0 Å². The van der Waals surface area contributed by atoms with Gasteiger partial charge in [0.25, 0.3) is 0 Å². The van der Waals surface area contributed by atoms with Crippen LogP contribution in [0.5, 0.6) is 5.75 Å². The van der Waals surface area contributed by atoms with Crippen molar-refractivity contribution in [3.63, 3.8) is 0 Å². The molecule has 0 aliphatic rings. The molecular formula is C19H16ClNO3. The van der Waals surface area contributed by atoms with Gasteiger partial charge in [-0.25, -0.2) is 9.78 Å². The Morgan fingerprint density at radius 1 is 1.17 bits per heavy atom. The van der Waals surface area contributed by atoms with Crippen LogP contribution in [0.25, 0.3) is 10.8 Å². The third-order valence-electron chi connectivity index (χ3n) is 3.89. The summed E-state index contributed by atoms with van der Waals surface area (Å²) in [5, 5.41) is 12.2. The fourth-order valence-corrected chi connectivity index (χ4v) is 2.72. The molecule has 0 amide bonds. The third kappa shape index (κ3) is 3.05. The van der Waals surface area contributed by atoms with Gasteiger partial charge >= 0.3 is 5.97 Å². The fourth-order valence-electron chi connectivity index (χ4n) is 2.54. The number of aromatic hydroxyl groups is 1. The summed E-state index contributed by atoms with van der Waals surface area (Å²) in [6.45, 7) is 3.52. The van der Waals surface area contributed by atoms with Crippen molar-refractivity contribution in [3.8, 4) is 5.75 Å². The van der Waals surface area contributed by atoms with Crippen LogP contribution in [0.4, 0.5) is 0 Å². The molecule has 0 bridgehead atoms. The molecule has 24 heavy (non-hydrogen) atoms. The van der Waals surface area contributed by atoms with Gasteiger partial charge in [-0.1, -0.05) is 41.9 Å². The molecule has 5 heteroatoms. The summed E-state index contributed by atoms with van der Waals surface area (Å²) in [4.78, 5) is 16.5. The summed E-state index contributed by atoms with van der Waals surface area (Å²) in [6.07, 6.45) is 1.56. The maximum absolute atomic E-state index is 12.6. The number of hydrogen-bond donors (Lipinski definition) is 1. The van der Waals surface area contributed by atoms with E-state index < -0.39 is 11.6 Å². The van der Waals surface area contributed by atoms with Gasteiger partial charge in [0.15, 0.2) is 0 Å². The number of aromatic nitrogens is 1. The van der Waals surface area contributed by atoms with E-state index in [1.807, 2.05) is 12.1 Å². The SMILES string of the molecule is CC(C)(OC(=O)c1ccc2ccccc2c1O)c1ccnc(Cl)c1. The second kappa shape index (κ2) is 6.13. The first-order valence-electron chi connectivity index (χ1n) is 7.44. The monoisotopic (exact) mass is 341 g/mol.